The Morgan fingerprint density at radius 2 is 1.97 bits per heavy atom. The largest absolute Gasteiger partial charge is 0.478 e. The number of benzene rings is 2. The molecule has 4 aromatic rings. The van der Waals surface area contributed by atoms with Crippen molar-refractivity contribution in [1.29, 1.82) is 0 Å². The molecule has 10 heteroatoms. The van der Waals surface area contributed by atoms with Gasteiger partial charge in [-0.15, -0.1) is 10.2 Å². The van der Waals surface area contributed by atoms with Crippen LogP contribution in [0.3, 0.4) is 0 Å². The van der Waals surface area contributed by atoms with E-state index in [1.54, 1.807) is 35.0 Å². The van der Waals surface area contributed by atoms with E-state index in [-0.39, 0.29) is 24.7 Å². The fraction of sp³-hybridized carbons (Fsp3) is 0.333. The zero-order valence-electron chi connectivity index (χ0n) is 18.5. The molecule has 1 aliphatic carbocycles. The van der Waals surface area contributed by atoms with Gasteiger partial charge in [0.25, 0.3) is 5.92 Å². The summed E-state index contributed by atoms with van der Waals surface area (Å²) in [7, 11) is 0. The summed E-state index contributed by atoms with van der Waals surface area (Å²) in [4.78, 5) is 18.5. The van der Waals surface area contributed by atoms with Gasteiger partial charge in [-0.3, -0.25) is 4.40 Å². The van der Waals surface area contributed by atoms with Crippen LogP contribution in [0.4, 0.5) is 20.4 Å². The molecule has 0 spiro atoms. The van der Waals surface area contributed by atoms with Crippen LogP contribution in [0.1, 0.15) is 34.5 Å². The van der Waals surface area contributed by atoms with Gasteiger partial charge in [-0.25, -0.2) is 18.6 Å². The molecule has 2 aromatic carbocycles. The highest BCUT2D eigenvalue weighted by Gasteiger charge is 2.72. The van der Waals surface area contributed by atoms with Gasteiger partial charge in [-0.05, 0) is 37.6 Å². The van der Waals surface area contributed by atoms with Crippen molar-refractivity contribution in [3.63, 3.8) is 0 Å². The zero-order chi connectivity index (χ0) is 23.8. The first-order valence-corrected chi connectivity index (χ1v) is 11.1. The van der Waals surface area contributed by atoms with Gasteiger partial charge in [0, 0.05) is 29.7 Å². The number of hydrogen-bond acceptors (Lipinski definition) is 6. The van der Waals surface area contributed by atoms with E-state index in [9.17, 15) is 18.7 Å². The molecule has 174 valence electrons. The lowest BCUT2D eigenvalue weighted by Crippen LogP contribution is -2.30. The lowest BCUT2D eigenvalue weighted by Gasteiger charge is -2.24. The van der Waals surface area contributed by atoms with Crippen LogP contribution in [0, 0.1) is 18.8 Å². The van der Waals surface area contributed by atoms with Crippen LogP contribution in [-0.2, 0) is 0 Å². The van der Waals surface area contributed by atoms with E-state index in [1.165, 1.54) is 0 Å². The average Bonchev–Trinajstić information content (AvgIpc) is 3.26. The number of nitrogens with one attached hydrogen (secondary N) is 1. The number of aromatic nitrogens is 4. The van der Waals surface area contributed by atoms with E-state index in [2.05, 4.69) is 15.5 Å². The molecule has 0 radical (unpaired) electrons. The number of piperidine rings is 1. The van der Waals surface area contributed by atoms with Crippen LogP contribution in [0.2, 0.25) is 0 Å². The molecule has 2 fully saturated rings. The van der Waals surface area contributed by atoms with E-state index in [4.69, 9.17) is 4.98 Å². The second-order valence-electron chi connectivity index (χ2n) is 9.20. The van der Waals surface area contributed by atoms with Crippen LogP contribution >= 0.6 is 0 Å². The van der Waals surface area contributed by atoms with Crippen molar-refractivity contribution in [3.8, 4) is 0 Å². The molecule has 2 aromatic heterocycles. The summed E-state index contributed by atoms with van der Waals surface area (Å²) in [5.41, 5.74) is 3.82. The van der Waals surface area contributed by atoms with E-state index >= 15 is 0 Å². The number of fused-ring (bicyclic) bond motifs is 4. The van der Waals surface area contributed by atoms with Crippen LogP contribution in [-0.4, -0.2) is 49.7 Å². The monoisotopic (exact) mass is 464 g/mol. The number of para-hydroxylation sites is 1. The average molecular weight is 464 g/mol. The first-order valence-electron chi connectivity index (χ1n) is 11.1. The maximum atomic E-state index is 13.8. The SMILES string of the molecule is Cc1cc([C@@H](C)Nc2ccccc2C(=O)O)c2nc(N3CC4C(C3)C4(F)F)n3cnnc3c2c1. The minimum absolute atomic E-state index is 0.178. The molecule has 0 amide bonds. The number of hydrogen-bond donors (Lipinski definition) is 2. The molecule has 3 atom stereocenters. The molecule has 6 rings (SSSR count). The highest BCUT2D eigenvalue weighted by Crippen LogP contribution is 2.59. The fourth-order valence-electron chi connectivity index (χ4n) is 5.15. The molecule has 0 bridgehead atoms. The fourth-order valence-corrected chi connectivity index (χ4v) is 5.15. The molecule has 2 N–H and O–H groups in total. The quantitative estimate of drug-likeness (QED) is 0.458. The molecular weight excluding hydrogens is 442 g/mol. The summed E-state index contributed by atoms with van der Waals surface area (Å²) in [6, 6.07) is 10.4. The maximum Gasteiger partial charge on any atom is 0.337 e. The number of nitrogens with zero attached hydrogens (tertiary/aromatic N) is 5. The molecule has 2 unspecified atom stereocenters. The standard InChI is InChI=1S/C24H22F2N6O2/c1-12-7-15(13(2)28-19-6-4-3-5-14(19)22(33)34)20-16(8-12)21-30-27-11-32(21)23(29-20)31-9-17-18(10-31)24(17,25)26/h3-8,11,13,17-18,28H,9-10H2,1-2H3,(H,33,34)/t13-,17?,18?/m1/s1. The molecule has 8 nitrogen and oxygen atoms in total. The van der Waals surface area contributed by atoms with Crippen LogP contribution in [0.25, 0.3) is 16.6 Å². The Balaban J connectivity index is 1.46. The Labute approximate surface area is 193 Å². The number of rotatable bonds is 5. The summed E-state index contributed by atoms with van der Waals surface area (Å²) < 4.78 is 29.4. The Morgan fingerprint density at radius 3 is 2.71 bits per heavy atom. The summed E-state index contributed by atoms with van der Waals surface area (Å²) in [6.07, 6.45) is 1.56. The first kappa shape index (κ1) is 20.8. The van der Waals surface area contributed by atoms with E-state index in [0.717, 1.165) is 16.5 Å². The third-order valence-corrected chi connectivity index (χ3v) is 6.98. The maximum absolute atomic E-state index is 13.8. The molecule has 3 heterocycles. The summed E-state index contributed by atoms with van der Waals surface area (Å²) >= 11 is 0. The summed E-state index contributed by atoms with van der Waals surface area (Å²) in [6.45, 7) is 4.39. The Hall–Kier alpha value is -3.82. The number of carbonyl (C=O) groups is 1. The number of aromatic carboxylic acids is 1. The smallest absolute Gasteiger partial charge is 0.337 e. The van der Waals surface area contributed by atoms with Gasteiger partial charge < -0.3 is 15.3 Å². The molecular formula is C24H22F2N6O2. The van der Waals surface area contributed by atoms with Crippen LogP contribution < -0.4 is 10.2 Å². The molecule has 2 aliphatic rings. The molecule has 1 aliphatic heterocycles. The van der Waals surface area contributed by atoms with Gasteiger partial charge >= 0.3 is 5.97 Å². The third kappa shape index (κ3) is 3.01. The number of aryl methyl sites for hydroxylation is 1. The van der Waals surface area contributed by atoms with Gasteiger partial charge in [0.15, 0.2) is 5.65 Å². The Bertz CT molecular complexity index is 1450. The van der Waals surface area contributed by atoms with Crippen molar-refractivity contribution in [1.82, 2.24) is 19.6 Å². The van der Waals surface area contributed by atoms with Crippen LogP contribution in [0.15, 0.2) is 42.7 Å². The van der Waals surface area contributed by atoms with Crippen molar-refractivity contribution < 1.29 is 18.7 Å². The Kier molecular flexibility index (Phi) is 4.33. The number of anilines is 2. The Morgan fingerprint density at radius 1 is 1.24 bits per heavy atom. The van der Waals surface area contributed by atoms with Gasteiger partial charge in [0.1, 0.15) is 6.33 Å². The zero-order valence-corrected chi connectivity index (χ0v) is 18.5. The predicted octanol–water partition coefficient (Wildman–Crippen LogP) is 4.16. The van der Waals surface area contributed by atoms with E-state index in [0.29, 0.717) is 22.8 Å². The van der Waals surface area contributed by atoms with Crippen LogP contribution in [0.5, 0.6) is 0 Å². The van der Waals surface area contributed by atoms with Gasteiger partial charge in [-0.1, -0.05) is 18.2 Å². The first-order chi connectivity index (χ1) is 16.3. The normalized spacial score (nSPS) is 21.6. The van der Waals surface area contributed by atoms with Crippen molar-refractivity contribution in [3.05, 3.63) is 59.4 Å². The lowest BCUT2D eigenvalue weighted by molar-refractivity contribution is 0.0697. The topological polar surface area (TPSA) is 95.6 Å². The molecule has 1 saturated carbocycles. The predicted molar refractivity (Wildman–Crippen MR) is 123 cm³/mol. The highest BCUT2D eigenvalue weighted by molar-refractivity contribution is 5.96. The lowest BCUT2D eigenvalue weighted by atomic mass is 10.0. The number of alkyl halides is 2. The van der Waals surface area contributed by atoms with Gasteiger partial charge in [0.2, 0.25) is 5.95 Å². The summed E-state index contributed by atoms with van der Waals surface area (Å²) in [5.74, 6) is -4.33. The van der Waals surface area contributed by atoms with Crippen molar-refractivity contribution in [2.75, 3.05) is 23.3 Å². The van der Waals surface area contributed by atoms with E-state index < -0.39 is 23.7 Å². The minimum Gasteiger partial charge on any atom is -0.478 e. The third-order valence-electron chi connectivity index (χ3n) is 6.98. The second kappa shape index (κ2) is 7.09. The van der Waals surface area contributed by atoms with Crippen molar-refractivity contribution in [2.45, 2.75) is 25.8 Å². The number of halogens is 2. The summed E-state index contributed by atoms with van der Waals surface area (Å²) in [5, 5.41) is 22.0. The van der Waals surface area contributed by atoms with Gasteiger partial charge in [-0.2, -0.15) is 0 Å². The number of carboxylic acid groups (broad SMARTS) is 1. The molecule has 1 saturated heterocycles. The van der Waals surface area contributed by atoms with E-state index in [1.807, 2.05) is 30.9 Å². The minimum atomic E-state index is -2.59. The number of carboxylic acids is 1. The highest BCUT2D eigenvalue weighted by atomic mass is 19.3. The molecule has 34 heavy (non-hydrogen) atoms. The second-order valence-corrected chi connectivity index (χ2v) is 9.20. The van der Waals surface area contributed by atoms with Crippen molar-refractivity contribution in [2.24, 2.45) is 11.8 Å². The van der Waals surface area contributed by atoms with Gasteiger partial charge in [0.05, 0.1) is 29.0 Å². The van der Waals surface area contributed by atoms with Crippen molar-refractivity contribution >= 4 is 34.2 Å².